The number of carbonyl (C=O) groups is 2. The van der Waals surface area contributed by atoms with E-state index < -0.39 is 11.9 Å². The van der Waals surface area contributed by atoms with E-state index in [0.717, 1.165) is 35.6 Å². The van der Waals surface area contributed by atoms with Gasteiger partial charge in [-0.2, -0.15) is 0 Å². The number of hydrogen-bond acceptors (Lipinski definition) is 2. The van der Waals surface area contributed by atoms with Crippen LogP contribution in [0, 0.1) is 17.3 Å². The minimum Gasteiger partial charge on any atom is -0.481 e. The maximum Gasteiger partial charge on any atom is 0.308 e. The second kappa shape index (κ2) is 5.62. The van der Waals surface area contributed by atoms with Crippen LogP contribution in [0.1, 0.15) is 24.8 Å². The van der Waals surface area contributed by atoms with E-state index in [2.05, 4.69) is 5.32 Å². The normalized spacial score (nSPS) is 21.4. The summed E-state index contributed by atoms with van der Waals surface area (Å²) in [4.78, 5) is 23.7. The molecule has 0 bridgehead atoms. The van der Waals surface area contributed by atoms with E-state index in [1.54, 1.807) is 0 Å². The highest BCUT2D eigenvalue weighted by Crippen LogP contribution is 2.70. The van der Waals surface area contributed by atoms with Gasteiger partial charge in [-0.1, -0.05) is 42.5 Å². The molecular formula is C20H21NO3. The van der Waals surface area contributed by atoms with Crippen LogP contribution in [0.4, 0.5) is 0 Å². The molecule has 2 aliphatic rings. The van der Waals surface area contributed by atoms with Crippen molar-refractivity contribution in [2.75, 3.05) is 6.54 Å². The van der Waals surface area contributed by atoms with Crippen LogP contribution in [-0.4, -0.2) is 23.5 Å². The maximum absolute atomic E-state index is 12.1. The Kier molecular flexibility index (Phi) is 3.56. The summed E-state index contributed by atoms with van der Waals surface area (Å²) < 4.78 is 0. The summed E-state index contributed by atoms with van der Waals surface area (Å²) in [5, 5.41) is 14.6. The molecule has 2 unspecified atom stereocenters. The van der Waals surface area contributed by atoms with Crippen LogP contribution < -0.4 is 5.32 Å². The van der Waals surface area contributed by atoms with Gasteiger partial charge in [-0.3, -0.25) is 9.59 Å². The van der Waals surface area contributed by atoms with E-state index in [1.165, 1.54) is 0 Å². The molecule has 2 aromatic rings. The van der Waals surface area contributed by atoms with Crippen molar-refractivity contribution in [3.8, 4) is 0 Å². The summed E-state index contributed by atoms with van der Waals surface area (Å²) in [6.07, 6.45) is 3.73. The quantitative estimate of drug-likeness (QED) is 0.859. The number of carboxylic acids is 1. The third-order valence-electron chi connectivity index (χ3n) is 5.57. The predicted molar refractivity (Wildman–Crippen MR) is 91.6 cm³/mol. The Bertz CT molecular complexity index is 809. The van der Waals surface area contributed by atoms with Gasteiger partial charge >= 0.3 is 5.97 Å². The minimum absolute atomic E-state index is 0.0391. The van der Waals surface area contributed by atoms with E-state index in [0.29, 0.717) is 11.8 Å². The first kappa shape index (κ1) is 15.2. The Hall–Kier alpha value is -2.36. The highest BCUT2D eigenvalue weighted by atomic mass is 16.4. The Labute approximate surface area is 140 Å². The van der Waals surface area contributed by atoms with Crippen LogP contribution in [0.15, 0.2) is 42.5 Å². The number of carboxylic acid groups (broad SMARTS) is 1. The molecule has 1 amide bonds. The zero-order valence-electron chi connectivity index (χ0n) is 13.5. The first-order valence-electron chi connectivity index (χ1n) is 8.56. The summed E-state index contributed by atoms with van der Waals surface area (Å²) >= 11 is 0. The van der Waals surface area contributed by atoms with Crippen LogP contribution in [0.3, 0.4) is 0 Å². The van der Waals surface area contributed by atoms with Gasteiger partial charge in [0.2, 0.25) is 5.91 Å². The second-order valence-electron chi connectivity index (χ2n) is 7.29. The molecular weight excluding hydrogens is 302 g/mol. The molecule has 0 radical (unpaired) electrons. The third-order valence-corrected chi connectivity index (χ3v) is 5.57. The average Bonchev–Trinajstić information content (AvgIpc) is 3.50. The maximum atomic E-state index is 12.1. The van der Waals surface area contributed by atoms with Crippen LogP contribution >= 0.6 is 0 Å². The van der Waals surface area contributed by atoms with Crippen LogP contribution in [0.5, 0.6) is 0 Å². The molecule has 2 saturated carbocycles. The van der Waals surface area contributed by atoms with Gasteiger partial charge in [-0.25, -0.2) is 0 Å². The lowest BCUT2D eigenvalue weighted by molar-refractivity contribution is -0.141. The van der Waals surface area contributed by atoms with Gasteiger partial charge in [0.15, 0.2) is 0 Å². The van der Waals surface area contributed by atoms with Crippen molar-refractivity contribution in [3.05, 3.63) is 48.0 Å². The number of aliphatic carboxylic acids is 1. The number of rotatable bonds is 6. The zero-order chi connectivity index (χ0) is 16.7. The number of hydrogen-bond donors (Lipinski definition) is 2. The van der Waals surface area contributed by atoms with Crippen molar-refractivity contribution in [2.24, 2.45) is 17.3 Å². The molecule has 0 aliphatic heterocycles. The zero-order valence-corrected chi connectivity index (χ0v) is 13.5. The molecule has 2 N–H and O–H groups in total. The van der Waals surface area contributed by atoms with E-state index in [9.17, 15) is 14.7 Å². The molecule has 2 atom stereocenters. The van der Waals surface area contributed by atoms with Gasteiger partial charge < -0.3 is 10.4 Å². The highest BCUT2D eigenvalue weighted by molar-refractivity contribution is 5.84. The molecule has 2 aromatic carbocycles. The van der Waals surface area contributed by atoms with E-state index in [-0.39, 0.29) is 18.4 Å². The molecule has 24 heavy (non-hydrogen) atoms. The number of carbonyl (C=O) groups excluding carboxylic acids is 1. The first-order chi connectivity index (χ1) is 11.6. The molecule has 2 aliphatic carbocycles. The predicted octanol–water partition coefficient (Wildman–Crippen LogP) is 3.00. The fourth-order valence-corrected chi connectivity index (χ4v) is 3.68. The van der Waals surface area contributed by atoms with Gasteiger partial charge in [-0.05, 0) is 47.4 Å². The molecule has 2 fully saturated rings. The number of fused-ring (bicyclic) bond motifs is 1. The van der Waals surface area contributed by atoms with Gasteiger partial charge in [0, 0.05) is 12.5 Å². The summed E-state index contributed by atoms with van der Waals surface area (Å²) in [7, 11) is 0. The lowest BCUT2D eigenvalue weighted by atomic mass is 9.97. The van der Waals surface area contributed by atoms with Gasteiger partial charge in [0.25, 0.3) is 0 Å². The monoisotopic (exact) mass is 323 g/mol. The Balaban J connectivity index is 1.40. The van der Waals surface area contributed by atoms with Crippen LogP contribution in [0.2, 0.25) is 0 Å². The Morgan fingerprint density at radius 2 is 1.92 bits per heavy atom. The molecule has 0 aromatic heterocycles. The molecule has 4 heteroatoms. The topological polar surface area (TPSA) is 66.4 Å². The van der Waals surface area contributed by atoms with Crippen LogP contribution in [-0.2, 0) is 16.0 Å². The number of nitrogens with one attached hydrogen (secondary N) is 1. The van der Waals surface area contributed by atoms with Gasteiger partial charge in [-0.15, -0.1) is 0 Å². The van der Waals surface area contributed by atoms with Crippen molar-refractivity contribution in [1.82, 2.24) is 5.32 Å². The van der Waals surface area contributed by atoms with Crippen molar-refractivity contribution in [2.45, 2.75) is 25.7 Å². The van der Waals surface area contributed by atoms with E-state index in [4.69, 9.17) is 0 Å². The molecule has 4 nitrogen and oxygen atoms in total. The van der Waals surface area contributed by atoms with Crippen molar-refractivity contribution < 1.29 is 14.7 Å². The highest BCUT2D eigenvalue weighted by Gasteiger charge is 2.65. The minimum atomic E-state index is -0.861. The fraction of sp³-hybridized carbons (Fsp3) is 0.400. The number of amides is 1. The Morgan fingerprint density at radius 1 is 1.17 bits per heavy atom. The average molecular weight is 323 g/mol. The lowest BCUT2D eigenvalue weighted by Gasteiger charge is -2.14. The summed E-state index contributed by atoms with van der Waals surface area (Å²) in [6, 6.07) is 14.1. The SMILES string of the molecule is O=C(O)C(CNC(=O)C1CC12CC2)Cc1ccc2ccccc2c1. The van der Waals surface area contributed by atoms with Crippen molar-refractivity contribution in [1.29, 1.82) is 0 Å². The molecule has 124 valence electrons. The Morgan fingerprint density at radius 3 is 2.58 bits per heavy atom. The van der Waals surface area contributed by atoms with Crippen molar-refractivity contribution >= 4 is 22.6 Å². The van der Waals surface area contributed by atoms with E-state index >= 15 is 0 Å². The molecule has 0 heterocycles. The van der Waals surface area contributed by atoms with Gasteiger partial charge in [0.05, 0.1) is 5.92 Å². The fourth-order valence-electron chi connectivity index (χ4n) is 3.68. The number of benzene rings is 2. The molecule has 4 rings (SSSR count). The summed E-state index contributed by atoms with van der Waals surface area (Å²) in [5.74, 6) is -1.28. The summed E-state index contributed by atoms with van der Waals surface area (Å²) in [6.45, 7) is 0.202. The van der Waals surface area contributed by atoms with E-state index in [1.807, 2.05) is 42.5 Å². The van der Waals surface area contributed by atoms with Crippen LogP contribution in [0.25, 0.3) is 10.8 Å². The third kappa shape index (κ3) is 2.88. The second-order valence-corrected chi connectivity index (χ2v) is 7.29. The molecule has 0 saturated heterocycles. The van der Waals surface area contributed by atoms with Gasteiger partial charge in [0.1, 0.15) is 0 Å². The smallest absolute Gasteiger partial charge is 0.308 e. The summed E-state index contributed by atoms with van der Waals surface area (Å²) in [5.41, 5.74) is 1.29. The first-order valence-corrected chi connectivity index (χ1v) is 8.56. The largest absolute Gasteiger partial charge is 0.481 e. The van der Waals surface area contributed by atoms with Crippen molar-refractivity contribution in [3.63, 3.8) is 0 Å². The standard InChI is InChI=1S/C20H21NO3/c22-18(17-11-20(17)7-8-20)21-12-16(19(23)24)10-13-5-6-14-3-1-2-4-15(14)9-13/h1-6,9,16-17H,7-8,10-12H2,(H,21,22)(H,23,24). The lowest BCUT2D eigenvalue weighted by Crippen LogP contribution is -2.35. The molecule has 1 spiro atoms.